The molecule has 1 aromatic carbocycles. The highest BCUT2D eigenvalue weighted by atomic mass is 35.5. The van der Waals surface area contributed by atoms with Crippen LogP contribution in [0, 0.1) is 5.92 Å². The number of halogens is 1. The molecule has 0 aliphatic heterocycles. The van der Waals surface area contributed by atoms with Crippen LogP contribution in [-0.4, -0.2) is 11.4 Å². The van der Waals surface area contributed by atoms with Crippen LogP contribution < -0.4 is 11.1 Å². The zero-order chi connectivity index (χ0) is 12.5. The van der Waals surface area contributed by atoms with Gasteiger partial charge >= 0.3 is 0 Å². The van der Waals surface area contributed by atoms with Crippen LogP contribution in [0.3, 0.4) is 0 Å². The lowest BCUT2D eigenvalue weighted by Crippen LogP contribution is -2.52. The van der Waals surface area contributed by atoms with Crippen molar-refractivity contribution < 1.29 is 4.79 Å². The molecule has 1 aliphatic rings. The standard InChI is InChI=1S/C13H17ClN2O/c1-2-13(12(15)17,9-6-7-9)16-11-5-3-4-10(14)8-11/h3-5,8-9,16H,2,6-7H2,1H3,(H2,15,17). The van der Waals surface area contributed by atoms with Gasteiger partial charge in [0.2, 0.25) is 5.91 Å². The Hall–Kier alpha value is -1.22. The predicted octanol–water partition coefficient (Wildman–Crippen LogP) is 2.80. The van der Waals surface area contributed by atoms with Crippen molar-refractivity contribution in [2.45, 2.75) is 31.7 Å². The summed E-state index contributed by atoms with van der Waals surface area (Å²) >= 11 is 5.94. The molecule has 1 amide bonds. The molecule has 3 N–H and O–H groups in total. The van der Waals surface area contributed by atoms with Crippen molar-refractivity contribution >= 4 is 23.2 Å². The van der Waals surface area contributed by atoms with E-state index in [4.69, 9.17) is 17.3 Å². The molecule has 2 rings (SSSR count). The third kappa shape index (κ3) is 2.39. The van der Waals surface area contributed by atoms with Crippen LogP contribution in [-0.2, 0) is 4.79 Å². The number of anilines is 1. The minimum Gasteiger partial charge on any atom is -0.371 e. The Morgan fingerprint density at radius 2 is 2.29 bits per heavy atom. The number of amides is 1. The quantitative estimate of drug-likeness (QED) is 0.847. The lowest BCUT2D eigenvalue weighted by atomic mass is 9.89. The molecule has 1 saturated carbocycles. The highest BCUT2D eigenvalue weighted by Gasteiger charge is 2.48. The summed E-state index contributed by atoms with van der Waals surface area (Å²) in [6, 6.07) is 7.39. The molecule has 0 aromatic heterocycles. The number of carbonyl (C=O) groups is 1. The van der Waals surface area contributed by atoms with Gasteiger partial charge in [-0.2, -0.15) is 0 Å². The SMILES string of the molecule is CCC(Nc1cccc(Cl)c1)(C(N)=O)C1CC1. The number of nitrogens with two attached hydrogens (primary N) is 1. The smallest absolute Gasteiger partial charge is 0.243 e. The second kappa shape index (κ2) is 4.57. The summed E-state index contributed by atoms with van der Waals surface area (Å²) in [7, 11) is 0. The Bertz CT molecular complexity index is 431. The normalized spacial score (nSPS) is 18.5. The summed E-state index contributed by atoms with van der Waals surface area (Å²) in [5, 5.41) is 3.94. The molecule has 1 unspecified atom stereocenters. The molecular formula is C13H17ClN2O. The molecule has 0 heterocycles. The van der Waals surface area contributed by atoms with E-state index in [-0.39, 0.29) is 5.91 Å². The highest BCUT2D eigenvalue weighted by Crippen LogP contribution is 2.43. The lowest BCUT2D eigenvalue weighted by Gasteiger charge is -2.32. The lowest BCUT2D eigenvalue weighted by molar-refractivity contribution is -0.123. The average Bonchev–Trinajstić information content (AvgIpc) is 3.09. The predicted molar refractivity (Wildman–Crippen MR) is 70.0 cm³/mol. The molecule has 3 nitrogen and oxygen atoms in total. The maximum atomic E-state index is 11.7. The first-order valence-corrected chi connectivity index (χ1v) is 6.30. The summed E-state index contributed by atoms with van der Waals surface area (Å²) in [4.78, 5) is 11.7. The Kier molecular flexibility index (Phi) is 3.29. The molecule has 17 heavy (non-hydrogen) atoms. The van der Waals surface area contributed by atoms with Crippen LogP contribution in [0.15, 0.2) is 24.3 Å². The molecule has 1 fully saturated rings. The van der Waals surface area contributed by atoms with Crippen molar-refractivity contribution in [3.05, 3.63) is 29.3 Å². The van der Waals surface area contributed by atoms with Gasteiger partial charge in [0.05, 0.1) is 0 Å². The minimum absolute atomic E-state index is 0.275. The number of nitrogens with one attached hydrogen (secondary N) is 1. The molecule has 0 radical (unpaired) electrons. The van der Waals surface area contributed by atoms with E-state index >= 15 is 0 Å². The topological polar surface area (TPSA) is 55.1 Å². The number of hydrogen-bond donors (Lipinski definition) is 2. The van der Waals surface area contributed by atoms with Crippen LogP contribution in [0.4, 0.5) is 5.69 Å². The van der Waals surface area contributed by atoms with Crippen LogP contribution in [0.25, 0.3) is 0 Å². The fourth-order valence-electron chi connectivity index (χ4n) is 2.32. The first-order chi connectivity index (χ1) is 8.08. The first kappa shape index (κ1) is 12.2. The maximum absolute atomic E-state index is 11.7. The van der Waals surface area contributed by atoms with Crippen molar-refractivity contribution in [1.82, 2.24) is 0 Å². The molecule has 1 aromatic rings. The summed E-state index contributed by atoms with van der Waals surface area (Å²) in [5.41, 5.74) is 5.81. The van der Waals surface area contributed by atoms with E-state index in [1.54, 1.807) is 0 Å². The van der Waals surface area contributed by atoms with Gasteiger partial charge in [-0.15, -0.1) is 0 Å². The fourth-order valence-corrected chi connectivity index (χ4v) is 2.51. The third-order valence-corrected chi connectivity index (χ3v) is 3.70. The number of benzene rings is 1. The zero-order valence-corrected chi connectivity index (χ0v) is 10.6. The molecule has 1 atom stereocenters. The van der Waals surface area contributed by atoms with Gasteiger partial charge in [-0.05, 0) is 43.4 Å². The average molecular weight is 253 g/mol. The van der Waals surface area contributed by atoms with Gasteiger partial charge in [0.15, 0.2) is 0 Å². The Morgan fingerprint density at radius 1 is 1.59 bits per heavy atom. The summed E-state index contributed by atoms with van der Waals surface area (Å²) in [5.74, 6) is 0.0754. The number of hydrogen-bond acceptors (Lipinski definition) is 2. The van der Waals surface area contributed by atoms with Gasteiger partial charge in [0.1, 0.15) is 5.54 Å². The number of primary amides is 1. The van der Waals surface area contributed by atoms with E-state index < -0.39 is 5.54 Å². The molecule has 0 saturated heterocycles. The Balaban J connectivity index is 2.26. The van der Waals surface area contributed by atoms with Crippen LogP contribution in [0.2, 0.25) is 5.02 Å². The van der Waals surface area contributed by atoms with Crippen molar-refractivity contribution in [3.8, 4) is 0 Å². The van der Waals surface area contributed by atoms with Crippen LogP contribution in [0.1, 0.15) is 26.2 Å². The molecule has 92 valence electrons. The number of rotatable bonds is 5. The van der Waals surface area contributed by atoms with Crippen molar-refractivity contribution in [3.63, 3.8) is 0 Å². The van der Waals surface area contributed by atoms with Gasteiger partial charge in [0.25, 0.3) is 0 Å². The molecule has 0 bridgehead atoms. The minimum atomic E-state index is -0.620. The summed E-state index contributed by atoms with van der Waals surface area (Å²) in [6.45, 7) is 1.99. The van der Waals surface area contributed by atoms with E-state index in [1.165, 1.54) is 0 Å². The molecular weight excluding hydrogens is 236 g/mol. The van der Waals surface area contributed by atoms with Gasteiger partial charge in [-0.3, -0.25) is 4.79 Å². The second-order valence-corrected chi connectivity index (χ2v) is 5.04. The van der Waals surface area contributed by atoms with E-state index in [1.807, 2.05) is 31.2 Å². The summed E-state index contributed by atoms with van der Waals surface area (Å²) < 4.78 is 0. The Morgan fingerprint density at radius 3 is 2.76 bits per heavy atom. The largest absolute Gasteiger partial charge is 0.371 e. The fraction of sp³-hybridized carbons (Fsp3) is 0.462. The van der Waals surface area contributed by atoms with Gasteiger partial charge < -0.3 is 11.1 Å². The van der Waals surface area contributed by atoms with E-state index in [0.29, 0.717) is 17.4 Å². The van der Waals surface area contributed by atoms with Gasteiger partial charge in [0, 0.05) is 10.7 Å². The van der Waals surface area contributed by atoms with Crippen LogP contribution in [0.5, 0.6) is 0 Å². The monoisotopic (exact) mass is 252 g/mol. The van der Waals surface area contributed by atoms with Crippen molar-refractivity contribution in [1.29, 1.82) is 0 Å². The highest BCUT2D eigenvalue weighted by molar-refractivity contribution is 6.30. The Labute approximate surface area is 106 Å². The van der Waals surface area contributed by atoms with Crippen LogP contribution >= 0.6 is 11.6 Å². The van der Waals surface area contributed by atoms with E-state index in [9.17, 15) is 4.79 Å². The van der Waals surface area contributed by atoms with Crippen molar-refractivity contribution in [2.75, 3.05) is 5.32 Å². The molecule has 4 heteroatoms. The van der Waals surface area contributed by atoms with Gasteiger partial charge in [-0.25, -0.2) is 0 Å². The van der Waals surface area contributed by atoms with Crippen molar-refractivity contribution in [2.24, 2.45) is 11.7 Å². The second-order valence-electron chi connectivity index (χ2n) is 4.60. The summed E-state index contributed by atoms with van der Waals surface area (Å²) in [6.07, 6.45) is 2.81. The van der Waals surface area contributed by atoms with E-state index in [0.717, 1.165) is 18.5 Å². The maximum Gasteiger partial charge on any atom is 0.243 e. The third-order valence-electron chi connectivity index (χ3n) is 3.46. The zero-order valence-electron chi connectivity index (χ0n) is 9.87. The first-order valence-electron chi connectivity index (χ1n) is 5.92. The molecule has 0 spiro atoms. The molecule has 1 aliphatic carbocycles. The van der Waals surface area contributed by atoms with E-state index in [2.05, 4.69) is 5.32 Å². The number of carbonyl (C=O) groups excluding carboxylic acids is 1. The van der Waals surface area contributed by atoms with Gasteiger partial charge in [-0.1, -0.05) is 24.6 Å².